The van der Waals surface area contributed by atoms with Crippen LogP contribution in [-0.4, -0.2) is 31.6 Å². The number of carbonyl (C=O) groups excluding carboxylic acids is 1. The zero-order chi connectivity index (χ0) is 12.8. The number of ether oxygens (including phenoxy) is 1. The van der Waals surface area contributed by atoms with Crippen molar-refractivity contribution in [3.63, 3.8) is 0 Å². The molecular weight excluding hydrogens is 276 g/mol. The minimum absolute atomic E-state index is 0. The lowest BCUT2D eigenvalue weighted by molar-refractivity contribution is -0.126. The molecule has 2 heterocycles. The summed E-state index contributed by atoms with van der Waals surface area (Å²) in [5.74, 6) is 2.39. The molecule has 0 bridgehead atoms. The summed E-state index contributed by atoms with van der Waals surface area (Å²) in [6.07, 6.45) is 0.794. The van der Waals surface area contributed by atoms with Gasteiger partial charge in [0.2, 0.25) is 5.91 Å². The van der Waals surface area contributed by atoms with Crippen molar-refractivity contribution in [1.29, 1.82) is 0 Å². The molecule has 1 aromatic carbocycles. The van der Waals surface area contributed by atoms with Crippen LogP contribution < -0.4 is 15.4 Å². The van der Waals surface area contributed by atoms with E-state index in [2.05, 4.69) is 10.6 Å². The van der Waals surface area contributed by atoms with Crippen molar-refractivity contribution >= 4 is 18.3 Å². The Morgan fingerprint density at radius 1 is 1.25 bits per heavy atom. The number of rotatable bonds is 2. The predicted octanol–water partition coefficient (Wildman–Crippen LogP) is 0.993. The third kappa shape index (κ3) is 2.27. The fraction of sp³-hybridized carbons (Fsp3) is 0.533. The van der Waals surface area contributed by atoms with Crippen LogP contribution in [0.25, 0.3) is 0 Å². The Labute approximate surface area is 124 Å². The molecule has 0 spiro atoms. The average molecular weight is 295 g/mol. The van der Waals surface area contributed by atoms with E-state index in [9.17, 15) is 4.79 Å². The Morgan fingerprint density at radius 2 is 2.00 bits per heavy atom. The van der Waals surface area contributed by atoms with Gasteiger partial charge in [0.15, 0.2) is 0 Å². The minimum Gasteiger partial charge on any atom is -0.492 e. The molecule has 108 valence electrons. The monoisotopic (exact) mass is 294 g/mol. The molecule has 1 saturated heterocycles. The summed E-state index contributed by atoms with van der Waals surface area (Å²) in [4.78, 5) is 12.3. The van der Waals surface area contributed by atoms with E-state index < -0.39 is 0 Å². The van der Waals surface area contributed by atoms with Crippen LogP contribution in [-0.2, 0) is 11.2 Å². The Balaban J connectivity index is 0.00000121. The standard InChI is InChI=1S/C15H18N2O2.ClH/c18-15(17-14-11-6-16-7-12(11)14)10-5-9-3-1-2-4-13(9)19-8-10;/h1-4,10-12,14,16H,5-8H2,(H,17,18);1H. The third-order valence-corrected chi connectivity index (χ3v) is 4.65. The second-order valence-corrected chi connectivity index (χ2v) is 5.84. The van der Waals surface area contributed by atoms with E-state index in [0.29, 0.717) is 24.5 Å². The van der Waals surface area contributed by atoms with E-state index >= 15 is 0 Å². The number of fused-ring (bicyclic) bond motifs is 2. The van der Waals surface area contributed by atoms with E-state index in [0.717, 1.165) is 30.8 Å². The van der Waals surface area contributed by atoms with Crippen LogP contribution in [0.4, 0.5) is 0 Å². The summed E-state index contributed by atoms with van der Waals surface area (Å²) in [5, 5.41) is 6.54. The topological polar surface area (TPSA) is 50.4 Å². The maximum Gasteiger partial charge on any atom is 0.227 e. The van der Waals surface area contributed by atoms with Crippen LogP contribution in [0.15, 0.2) is 24.3 Å². The highest BCUT2D eigenvalue weighted by Crippen LogP contribution is 2.41. The summed E-state index contributed by atoms with van der Waals surface area (Å²) >= 11 is 0. The third-order valence-electron chi connectivity index (χ3n) is 4.65. The van der Waals surface area contributed by atoms with Gasteiger partial charge in [-0.3, -0.25) is 4.79 Å². The van der Waals surface area contributed by atoms with Crippen LogP contribution in [0.5, 0.6) is 5.75 Å². The number of amides is 1. The molecule has 1 aromatic rings. The van der Waals surface area contributed by atoms with Crippen molar-refractivity contribution in [3.05, 3.63) is 29.8 Å². The molecule has 2 aliphatic heterocycles. The molecule has 3 atom stereocenters. The van der Waals surface area contributed by atoms with Gasteiger partial charge in [-0.1, -0.05) is 18.2 Å². The predicted molar refractivity (Wildman–Crippen MR) is 78.2 cm³/mol. The molecule has 4 nitrogen and oxygen atoms in total. The molecule has 1 aliphatic carbocycles. The average Bonchev–Trinajstić information content (AvgIpc) is 2.88. The van der Waals surface area contributed by atoms with Gasteiger partial charge in [-0.25, -0.2) is 0 Å². The smallest absolute Gasteiger partial charge is 0.227 e. The van der Waals surface area contributed by atoms with Crippen LogP contribution in [0.2, 0.25) is 0 Å². The van der Waals surface area contributed by atoms with Crippen molar-refractivity contribution < 1.29 is 9.53 Å². The molecule has 0 radical (unpaired) electrons. The maximum absolute atomic E-state index is 12.3. The summed E-state index contributed by atoms with van der Waals surface area (Å²) < 4.78 is 5.68. The Hall–Kier alpha value is -1.26. The minimum atomic E-state index is -0.0378. The number of nitrogens with one attached hydrogen (secondary N) is 2. The normalized spacial score (nSPS) is 33.2. The van der Waals surface area contributed by atoms with E-state index in [-0.39, 0.29) is 24.2 Å². The van der Waals surface area contributed by atoms with Gasteiger partial charge in [-0.2, -0.15) is 0 Å². The van der Waals surface area contributed by atoms with Crippen molar-refractivity contribution in [2.75, 3.05) is 19.7 Å². The van der Waals surface area contributed by atoms with Gasteiger partial charge < -0.3 is 15.4 Å². The summed E-state index contributed by atoms with van der Waals surface area (Å²) in [5.41, 5.74) is 1.14. The fourth-order valence-corrected chi connectivity index (χ4v) is 3.41. The number of para-hydroxylation sites is 1. The first-order valence-corrected chi connectivity index (χ1v) is 7.05. The van der Waals surface area contributed by atoms with Crippen molar-refractivity contribution in [2.24, 2.45) is 17.8 Å². The van der Waals surface area contributed by atoms with Crippen molar-refractivity contribution in [1.82, 2.24) is 10.6 Å². The SMILES string of the molecule is Cl.O=C(NC1C2CNCC21)C1COc2ccccc2C1. The van der Waals surface area contributed by atoms with E-state index in [4.69, 9.17) is 4.74 Å². The molecule has 5 heteroatoms. The molecule has 0 aromatic heterocycles. The van der Waals surface area contributed by atoms with Gasteiger partial charge in [0.25, 0.3) is 0 Å². The largest absolute Gasteiger partial charge is 0.492 e. The Kier molecular flexibility index (Phi) is 3.61. The Morgan fingerprint density at radius 3 is 2.80 bits per heavy atom. The molecule has 20 heavy (non-hydrogen) atoms. The molecule has 3 aliphatic rings. The first kappa shape index (κ1) is 13.7. The zero-order valence-corrected chi connectivity index (χ0v) is 12.0. The second kappa shape index (κ2) is 5.26. The van der Waals surface area contributed by atoms with Crippen LogP contribution in [0.1, 0.15) is 5.56 Å². The molecule has 2 N–H and O–H groups in total. The Bertz CT molecular complexity index is 512. The van der Waals surface area contributed by atoms with Crippen LogP contribution >= 0.6 is 12.4 Å². The summed E-state index contributed by atoms with van der Waals surface area (Å²) in [6.45, 7) is 2.61. The highest BCUT2D eigenvalue weighted by molar-refractivity contribution is 5.85. The van der Waals surface area contributed by atoms with Gasteiger partial charge in [0.1, 0.15) is 12.4 Å². The molecule has 3 unspecified atom stereocenters. The molecule has 4 rings (SSSR count). The lowest BCUT2D eigenvalue weighted by atomic mass is 9.96. The number of halogens is 1. The highest BCUT2D eigenvalue weighted by atomic mass is 35.5. The van der Waals surface area contributed by atoms with Crippen molar-refractivity contribution in [2.45, 2.75) is 12.5 Å². The molecule has 2 fully saturated rings. The summed E-state index contributed by atoms with van der Waals surface area (Å²) in [6, 6.07) is 8.40. The first-order chi connectivity index (χ1) is 9.33. The van der Waals surface area contributed by atoms with Gasteiger partial charge in [-0.05, 0) is 29.9 Å². The molecular formula is C15H19ClN2O2. The van der Waals surface area contributed by atoms with Gasteiger partial charge in [-0.15, -0.1) is 12.4 Å². The number of benzene rings is 1. The van der Waals surface area contributed by atoms with Gasteiger partial charge in [0.05, 0.1) is 5.92 Å². The second-order valence-electron chi connectivity index (χ2n) is 5.84. The maximum atomic E-state index is 12.3. The van der Waals surface area contributed by atoms with Crippen molar-refractivity contribution in [3.8, 4) is 5.75 Å². The summed E-state index contributed by atoms with van der Waals surface area (Å²) in [7, 11) is 0. The molecule has 1 amide bonds. The van der Waals surface area contributed by atoms with Crippen LogP contribution in [0, 0.1) is 17.8 Å². The molecule has 1 saturated carbocycles. The van der Waals surface area contributed by atoms with Crippen LogP contribution in [0.3, 0.4) is 0 Å². The number of piperidine rings is 1. The number of hydrogen-bond donors (Lipinski definition) is 2. The fourth-order valence-electron chi connectivity index (χ4n) is 3.41. The van der Waals surface area contributed by atoms with E-state index in [1.807, 2.05) is 24.3 Å². The first-order valence-electron chi connectivity index (χ1n) is 7.05. The number of hydrogen-bond acceptors (Lipinski definition) is 3. The van der Waals surface area contributed by atoms with Gasteiger partial charge >= 0.3 is 0 Å². The van der Waals surface area contributed by atoms with E-state index in [1.54, 1.807) is 0 Å². The van der Waals surface area contributed by atoms with E-state index in [1.165, 1.54) is 0 Å². The quantitative estimate of drug-likeness (QED) is 0.855. The lowest BCUT2D eigenvalue weighted by Gasteiger charge is -2.24. The zero-order valence-electron chi connectivity index (χ0n) is 11.2. The highest BCUT2D eigenvalue weighted by Gasteiger charge is 2.53. The number of carbonyl (C=O) groups is 1. The lowest BCUT2D eigenvalue weighted by Crippen LogP contribution is -2.40. The van der Waals surface area contributed by atoms with Gasteiger partial charge in [0, 0.05) is 19.1 Å².